The quantitative estimate of drug-likeness (QED) is 0.632. The molecule has 2 aromatic rings. The lowest BCUT2D eigenvalue weighted by Crippen LogP contribution is -2.20. The van der Waals surface area contributed by atoms with Crippen molar-refractivity contribution in [3.63, 3.8) is 0 Å². The zero-order chi connectivity index (χ0) is 17.0. The molecule has 1 amide bonds. The van der Waals surface area contributed by atoms with Crippen molar-refractivity contribution in [1.82, 2.24) is 3.97 Å². The number of nitrogens with zero attached hydrogens (tertiary/aromatic N) is 1. The molecule has 0 radical (unpaired) electrons. The number of carbonyl (C=O) groups excluding carboxylic acids is 2. The van der Waals surface area contributed by atoms with Crippen molar-refractivity contribution in [3.05, 3.63) is 47.2 Å². The Morgan fingerprint density at radius 1 is 1.39 bits per heavy atom. The van der Waals surface area contributed by atoms with Gasteiger partial charge in [-0.2, -0.15) is 0 Å². The number of hydrogen-bond donors (Lipinski definition) is 1. The summed E-state index contributed by atoms with van der Waals surface area (Å²) in [6, 6.07) is 6.72. The number of benzene rings is 1. The Balaban J connectivity index is 2.60. The Morgan fingerprint density at radius 2 is 2.13 bits per heavy atom. The number of ether oxygens (including phenoxy) is 1. The highest BCUT2D eigenvalue weighted by atomic mass is 35.5. The van der Waals surface area contributed by atoms with Gasteiger partial charge in [0, 0.05) is 11.2 Å². The highest BCUT2D eigenvalue weighted by Gasteiger charge is 2.26. The van der Waals surface area contributed by atoms with Gasteiger partial charge in [-0.3, -0.25) is 4.79 Å². The van der Waals surface area contributed by atoms with E-state index < -0.39 is 16.0 Å². The van der Waals surface area contributed by atoms with Crippen molar-refractivity contribution in [2.45, 2.75) is 11.8 Å². The number of amides is 1. The Labute approximate surface area is 137 Å². The predicted octanol–water partition coefficient (Wildman–Crippen LogP) is 2.12. The van der Waals surface area contributed by atoms with Crippen LogP contribution in [-0.4, -0.2) is 31.4 Å². The lowest BCUT2D eigenvalue weighted by molar-refractivity contribution is -0.105. The fourth-order valence-electron chi connectivity index (χ4n) is 1.94. The fraction of sp³-hybridized carbons (Fsp3) is 0.143. The van der Waals surface area contributed by atoms with Crippen LogP contribution >= 0.6 is 11.6 Å². The molecular formula is C14H13ClN2O5S. The standard InChI is InChI=1S/C14H13ClN2O5S/c1-2-22-14(19)12-4-3-7-17(12)23(20,21)13-8-10(15)5-6-11(13)16-9-18/h3-9H,2H2,1H3,(H,16,18). The topological polar surface area (TPSA) is 94.5 Å². The maximum Gasteiger partial charge on any atom is 0.355 e. The summed E-state index contributed by atoms with van der Waals surface area (Å²) < 4.78 is 31.2. The van der Waals surface area contributed by atoms with Gasteiger partial charge in [0.25, 0.3) is 10.0 Å². The summed E-state index contributed by atoms with van der Waals surface area (Å²) in [5.74, 6) is -0.770. The molecular weight excluding hydrogens is 344 g/mol. The van der Waals surface area contributed by atoms with Gasteiger partial charge in [-0.1, -0.05) is 11.6 Å². The van der Waals surface area contributed by atoms with Crippen LogP contribution in [0.25, 0.3) is 0 Å². The van der Waals surface area contributed by atoms with Crippen molar-refractivity contribution in [2.24, 2.45) is 0 Å². The van der Waals surface area contributed by atoms with Gasteiger partial charge in [0.2, 0.25) is 6.41 Å². The molecule has 0 unspecified atom stereocenters. The molecule has 0 atom stereocenters. The molecule has 0 fully saturated rings. The second-order valence-corrected chi connectivity index (χ2v) is 6.54. The second-order valence-electron chi connectivity index (χ2n) is 4.32. The molecule has 7 nitrogen and oxygen atoms in total. The van der Waals surface area contributed by atoms with E-state index in [-0.39, 0.29) is 27.9 Å². The van der Waals surface area contributed by atoms with Gasteiger partial charge in [-0.15, -0.1) is 0 Å². The molecule has 0 aliphatic carbocycles. The molecule has 0 aliphatic rings. The molecule has 0 saturated heterocycles. The van der Waals surface area contributed by atoms with Gasteiger partial charge in [0.05, 0.1) is 12.3 Å². The molecule has 1 aromatic heterocycles. The van der Waals surface area contributed by atoms with Gasteiger partial charge in [0.15, 0.2) is 0 Å². The number of anilines is 1. The summed E-state index contributed by atoms with van der Waals surface area (Å²) in [4.78, 5) is 22.3. The third kappa shape index (κ3) is 3.38. The minimum Gasteiger partial charge on any atom is -0.461 e. The van der Waals surface area contributed by atoms with Gasteiger partial charge in [0.1, 0.15) is 10.6 Å². The van der Waals surface area contributed by atoms with Crippen molar-refractivity contribution >= 4 is 39.7 Å². The Hall–Kier alpha value is -2.32. The van der Waals surface area contributed by atoms with E-state index in [4.69, 9.17) is 16.3 Å². The third-order valence-electron chi connectivity index (χ3n) is 2.89. The van der Waals surface area contributed by atoms with Crippen LogP contribution in [0, 0.1) is 0 Å². The van der Waals surface area contributed by atoms with E-state index in [0.29, 0.717) is 6.41 Å². The van der Waals surface area contributed by atoms with E-state index in [0.717, 1.165) is 3.97 Å². The minimum absolute atomic E-state index is 0.0490. The summed E-state index contributed by atoms with van der Waals surface area (Å²) in [5, 5.41) is 2.47. The highest BCUT2D eigenvalue weighted by molar-refractivity contribution is 7.90. The molecule has 0 bridgehead atoms. The molecule has 9 heteroatoms. The molecule has 1 heterocycles. The largest absolute Gasteiger partial charge is 0.461 e. The number of rotatable bonds is 6. The molecule has 1 aromatic carbocycles. The Bertz CT molecular complexity index is 845. The average Bonchev–Trinajstić information content (AvgIpc) is 3.00. The van der Waals surface area contributed by atoms with E-state index >= 15 is 0 Å². The van der Waals surface area contributed by atoms with Crippen LogP contribution in [-0.2, 0) is 19.6 Å². The van der Waals surface area contributed by atoms with Crippen LogP contribution in [0.1, 0.15) is 17.4 Å². The summed E-state index contributed by atoms with van der Waals surface area (Å²) in [6.45, 7) is 1.72. The first kappa shape index (κ1) is 17.0. The Kier molecular flexibility index (Phi) is 5.07. The second kappa shape index (κ2) is 6.84. The van der Waals surface area contributed by atoms with Crippen LogP contribution in [0.4, 0.5) is 5.69 Å². The van der Waals surface area contributed by atoms with Crippen molar-refractivity contribution < 1.29 is 22.7 Å². The van der Waals surface area contributed by atoms with Crippen LogP contribution < -0.4 is 5.32 Å². The molecule has 0 saturated carbocycles. The first-order valence-electron chi connectivity index (χ1n) is 6.51. The number of aromatic nitrogens is 1. The predicted molar refractivity (Wildman–Crippen MR) is 84.1 cm³/mol. The van der Waals surface area contributed by atoms with Crippen molar-refractivity contribution in [2.75, 3.05) is 11.9 Å². The highest BCUT2D eigenvalue weighted by Crippen LogP contribution is 2.28. The maximum atomic E-state index is 12.8. The van der Waals surface area contributed by atoms with Gasteiger partial charge >= 0.3 is 5.97 Å². The number of hydrogen-bond acceptors (Lipinski definition) is 5. The molecule has 122 valence electrons. The van der Waals surface area contributed by atoms with Crippen LogP contribution in [0.3, 0.4) is 0 Å². The van der Waals surface area contributed by atoms with Crippen LogP contribution in [0.15, 0.2) is 41.4 Å². The lowest BCUT2D eigenvalue weighted by Gasteiger charge is -2.13. The maximum absolute atomic E-state index is 12.8. The number of carbonyl (C=O) groups is 2. The Morgan fingerprint density at radius 3 is 2.78 bits per heavy atom. The van der Waals surface area contributed by atoms with Crippen molar-refractivity contribution in [3.8, 4) is 0 Å². The van der Waals surface area contributed by atoms with E-state index in [9.17, 15) is 18.0 Å². The molecule has 23 heavy (non-hydrogen) atoms. The summed E-state index contributed by atoms with van der Waals surface area (Å²) in [6.07, 6.45) is 1.57. The van der Waals surface area contributed by atoms with E-state index in [1.54, 1.807) is 6.92 Å². The first-order chi connectivity index (χ1) is 10.9. The number of esters is 1. The summed E-state index contributed by atoms with van der Waals surface area (Å²) in [5.41, 5.74) is -0.100. The van der Waals surface area contributed by atoms with Gasteiger partial charge in [-0.25, -0.2) is 17.2 Å². The molecule has 0 aliphatic heterocycles. The van der Waals surface area contributed by atoms with E-state index in [2.05, 4.69) is 5.32 Å². The normalized spacial score (nSPS) is 11.0. The van der Waals surface area contributed by atoms with Crippen LogP contribution in [0.2, 0.25) is 5.02 Å². The van der Waals surface area contributed by atoms with Gasteiger partial charge < -0.3 is 10.1 Å². The van der Waals surface area contributed by atoms with Crippen LogP contribution in [0.5, 0.6) is 0 Å². The molecule has 1 N–H and O–H groups in total. The molecule has 2 rings (SSSR count). The van der Waals surface area contributed by atoms with E-state index in [1.165, 1.54) is 36.5 Å². The first-order valence-corrected chi connectivity index (χ1v) is 8.33. The number of halogens is 1. The van der Waals surface area contributed by atoms with E-state index in [1.807, 2.05) is 0 Å². The lowest BCUT2D eigenvalue weighted by atomic mass is 10.3. The SMILES string of the molecule is CCOC(=O)c1cccn1S(=O)(=O)c1cc(Cl)ccc1NC=O. The average molecular weight is 357 g/mol. The molecule has 0 spiro atoms. The minimum atomic E-state index is -4.15. The smallest absolute Gasteiger partial charge is 0.355 e. The summed E-state index contributed by atoms with van der Waals surface area (Å²) in [7, 11) is -4.15. The van der Waals surface area contributed by atoms with Gasteiger partial charge in [-0.05, 0) is 37.3 Å². The third-order valence-corrected chi connectivity index (χ3v) is 4.86. The zero-order valence-corrected chi connectivity index (χ0v) is 13.6. The number of nitrogens with one attached hydrogen (secondary N) is 1. The zero-order valence-electron chi connectivity index (χ0n) is 12.0. The monoisotopic (exact) mass is 356 g/mol. The fourth-order valence-corrected chi connectivity index (χ4v) is 3.69. The summed E-state index contributed by atoms with van der Waals surface area (Å²) >= 11 is 5.86. The van der Waals surface area contributed by atoms with Crippen molar-refractivity contribution in [1.29, 1.82) is 0 Å².